The number of hydrogen-bond donors (Lipinski definition) is 1. The minimum Gasteiger partial charge on any atom is -0.467 e. The maximum absolute atomic E-state index is 11.9. The van der Waals surface area contributed by atoms with Crippen LogP contribution in [0.25, 0.3) is 0 Å². The third kappa shape index (κ3) is 3.59. The van der Waals surface area contributed by atoms with Gasteiger partial charge in [-0.2, -0.15) is 0 Å². The number of aryl methyl sites for hydroxylation is 2. The van der Waals surface area contributed by atoms with Crippen LogP contribution in [0.15, 0.2) is 18.2 Å². The summed E-state index contributed by atoms with van der Waals surface area (Å²) in [5.41, 5.74) is 2.58. The van der Waals surface area contributed by atoms with Crippen LogP contribution in [0, 0.1) is 13.8 Å². The number of amides is 1. The molecule has 17 heavy (non-hydrogen) atoms. The molecule has 0 spiro atoms. The Morgan fingerprint density at radius 2 is 1.71 bits per heavy atom. The lowest BCUT2D eigenvalue weighted by molar-refractivity contribution is -0.142. The molecule has 0 aliphatic carbocycles. The molecule has 1 amide bonds. The Morgan fingerprint density at radius 1 is 1.18 bits per heavy atom. The van der Waals surface area contributed by atoms with Gasteiger partial charge in [-0.3, -0.25) is 4.79 Å². The fraction of sp³-hybridized carbons (Fsp3) is 0.385. The fourth-order valence-electron chi connectivity index (χ4n) is 1.62. The van der Waals surface area contributed by atoms with Crippen molar-refractivity contribution in [2.75, 3.05) is 7.11 Å². The van der Waals surface area contributed by atoms with E-state index >= 15 is 0 Å². The maximum atomic E-state index is 11.9. The van der Waals surface area contributed by atoms with Gasteiger partial charge in [0.1, 0.15) is 6.04 Å². The Hall–Kier alpha value is -1.84. The molecule has 1 aromatic rings. The molecule has 1 atom stereocenters. The Labute approximate surface area is 101 Å². The second-order valence-electron chi connectivity index (χ2n) is 4.09. The third-order valence-corrected chi connectivity index (χ3v) is 2.39. The summed E-state index contributed by atoms with van der Waals surface area (Å²) in [5.74, 6) is -0.725. The second-order valence-corrected chi connectivity index (χ2v) is 4.09. The summed E-state index contributed by atoms with van der Waals surface area (Å²) in [7, 11) is 1.29. The summed E-state index contributed by atoms with van der Waals surface area (Å²) in [6, 6.07) is 4.91. The van der Waals surface area contributed by atoms with E-state index in [1.165, 1.54) is 7.11 Å². The number of ether oxygens (including phenoxy) is 1. The Kier molecular flexibility index (Phi) is 4.26. The molecule has 0 fully saturated rings. The van der Waals surface area contributed by atoms with E-state index in [2.05, 4.69) is 10.1 Å². The molecule has 4 heteroatoms. The number of carbonyl (C=O) groups excluding carboxylic acids is 2. The van der Waals surface area contributed by atoms with Gasteiger partial charge in [-0.15, -0.1) is 0 Å². The van der Waals surface area contributed by atoms with Crippen molar-refractivity contribution in [2.24, 2.45) is 0 Å². The zero-order valence-corrected chi connectivity index (χ0v) is 10.5. The summed E-state index contributed by atoms with van der Waals surface area (Å²) in [6.45, 7) is 5.44. The standard InChI is InChI=1S/C13H17NO3/c1-8-5-9(2)7-11(6-8)12(15)14-10(3)13(16)17-4/h5-7,10H,1-4H3,(H,14,15)/t10-/m1/s1. The van der Waals surface area contributed by atoms with E-state index in [-0.39, 0.29) is 5.91 Å². The number of nitrogens with one attached hydrogen (secondary N) is 1. The van der Waals surface area contributed by atoms with Crippen molar-refractivity contribution < 1.29 is 14.3 Å². The van der Waals surface area contributed by atoms with Crippen LogP contribution < -0.4 is 5.32 Å². The SMILES string of the molecule is COC(=O)[C@@H](C)NC(=O)c1cc(C)cc(C)c1. The summed E-state index contributed by atoms with van der Waals surface area (Å²) in [5, 5.41) is 2.59. The van der Waals surface area contributed by atoms with Gasteiger partial charge in [0.15, 0.2) is 0 Å². The summed E-state index contributed by atoms with van der Waals surface area (Å²) >= 11 is 0. The van der Waals surface area contributed by atoms with Gasteiger partial charge >= 0.3 is 5.97 Å². The first-order valence-electron chi connectivity index (χ1n) is 5.41. The number of benzene rings is 1. The molecule has 0 bridgehead atoms. The highest BCUT2D eigenvalue weighted by Gasteiger charge is 2.16. The molecular weight excluding hydrogens is 218 g/mol. The zero-order valence-electron chi connectivity index (χ0n) is 10.5. The van der Waals surface area contributed by atoms with E-state index in [9.17, 15) is 9.59 Å². The van der Waals surface area contributed by atoms with E-state index in [0.29, 0.717) is 5.56 Å². The first kappa shape index (κ1) is 13.2. The van der Waals surface area contributed by atoms with Crippen molar-refractivity contribution in [3.05, 3.63) is 34.9 Å². The van der Waals surface area contributed by atoms with Gasteiger partial charge in [0.05, 0.1) is 7.11 Å². The normalized spacial score (nSPS) is 11.8. The topological polar surface area (TPSA) is 55.4 Å². The van der Waals surface area contributed by atoms with Crippen molar-refractivity contribution in [2.45, 2.75) is 26.8 Å². The van der Waals surface area contributed by atoms with Crippen LogP contribution >= 0.6 is 0 Å². The number of hydrogen-bond acceptors (Lipinski definition) is 3. The first-order chi connectivity index (χ1) is 7.93. The molecule has 0 aromatic heterocycles. The summed E-state index contributed by atoms with van der Waals surface area (Å²) in [6.07, 6.45) is 0. The minimum atomic E-state index is -0.645. The van der Waals surface area contributed by atoms with Crippen LogP contribution in [-0.4, -0.2) is 25.0 Å². The highest BCUT2D eigenvalue weighted by molar-refractivity contribution is 5.97. The Balaban J connectivity index is 2.79. The van der Waals surface area contributed by atoms with Crippen LogP contribution in [0.3, 0.4) is 0 Å². The number of methoxy groups -OCH3 is 1. The molecule has 1 aromatic carbocycles. The quantitative estimate of drug-likeness (QED) is 0.809. The van der Waals surface area contributed by atoms with Gasteiger partial charge in [-0.1, -0.05) is 17.2 Å². The van der Waals surface area contributed by atoms with E-state index in [0.717, 1.165) is 11.1 Å². The van der Waals surface area contributed by atoms with Crippen LogP contribution in [0.4, 0.5) is 0 Å². The monoisotopic (exact) mass is 235 g/mol. The lowest BCUT2D eigenvalue weighted by Crippen LogP contribution is -2.39. The highest BCUT2D eigenvalue weighted by Crippen LogP contribution is 2.09. The largest absolute Gasteiger partial charge is 0.467 e. The van der Waals surface area contributed by atoms with Crippen LogP contribution in [0.1, 0.15) is 28.4 Å². The number of rotatable bonds is 3. The van der Waals surface area contributed by atoms with Crippen molar-refractivity contribution in [1.82, 2.24) is 5.32 Å². The van der Waals surface area contributed by atoms with E-state index in [4.69, 9.17) is 0 Å². The predicted octanol–water partition coefficient (Wildman–Crippen LogP) is 1.59. The Morgan fingerprint density at radius 3 is 2.18 bits per heavy atom. The fourth-order valence-corrected chi connectivity index (χ4v) is 1.62. The average molecular weight is 235 g/mol. The molecule has 4 nitrogen and oxygen atoms in total. The van der Waals surface area contributed by atoms with Crippen molar-refractivity contribution >= 4 is 11.9 Å². The van der Waals surface area contributed by atoms with Crippen LogP contribution in [0.2, 0.25) is 0 Å². The van der Waals surface area contributed by atoms with Crippen LogP contribution in [0.5, 0.6) is 0 Å². The lowest BCUT2D eigenvalue weighted by atomic mass is 10.1. The van der Waals surface area contributed by atoms with Crippen LogP contribution in [-0.2, 0) is 9.53 Å². The van der Waals surface area contributed by atoms with Gasteiger partial charge in [0.2, 0.25) is 0 Å². The molecule has 1 N–H and O–H groups in total. The molecule has 0 unspecified atom stereocenters. The molecule has 1 rings (SSSR count). The van der Waals surface area contributed by atoms with Crippen molar-refractivity contribution in [1.29, 1.82) is 0 Å². The molecule has 0 aliphatic heterocycles. The molecule has 0 heterocycles. The molecule has 0 saturated heterocycles. The molecule has 0 radical (unpaired) electrons. The minimum absolute atomic E-state index is 0.269. The van der Waals surface area contributed by atoms with Gasteiger partial charge in [-0.05, 0) is 32.9 Å². The predicted molar refractivity (Wildman–Crippen MR) is 64.9 cm³/mol. The Bertz CT molecular complexity index is 420. The number of esters is 1. The third-order valence-electron chi connectivity index (χ3n) is 2.39. The van der Waals surface area contributed by atoms with Gasteiger partial charge in [-0.25, -0.2) is 4.79 Å². The van der Waals surface area contributed by atoms with Crippen molar-refractivity contribution in [3.63, 3.8) is 0 Å². The lowest BCUT2D eigenvalue weighted by Gasteiger charge is -2.12. The number of carbonyl (C=O) groups is 2. The highest BCUT2D eigenvalue weighted by atomic mass is 16.5. The van der Waals surface area contributed by atoms with Gasteiger partial charge < -0.3 is 10.1 Å². The van der Waals surface area contributed by atoms with Gasteiger partial charge in [0, 0.05) is 5.56 Å². The smallest absolute Gasteiger partial charge is 0.328 e. The zero-order chi connectivity index (χ0) is 13.0. The molecular formula is C13H17NO3. The molecule has 92 valence electrons. The molecule has 0 aliphatic rings. The van der Waals surface area contributed by atoms with E-state index in [1.807, 2.05) is 19.9 Å². The first-order valence-corrected chi connectivity index (χ1v) is 5.41. The van der Waals surface area contributed by atoms with E-state index < -0.39 is 12.0 Å². The van der Waals surface area contributed by atoms with Gasteiger partial charge in [0.25, 0.3) is 5.91 Å². The summed E-state index contributed by atoms with van der Waals surface area (Å²) < 4.78 is 4.54. The molecule has 0 saturated carbocycles. The second kappa shape index (κ2) is 5.48. The average Bonchev–Trinajstić information content (AvgIpc) is 2.26. The summed E-state index contributed by atoms with van der Waals surface area (Å²) in [4.78, 5) is 23.0. The van der Waals surface area contributed by atoms with Crippen molar-refractivity contribution in [3.8, 4) is 0 Å². The van der Waals surface area contributed by atoms with E-state index in [1.54, 1.807) is 19.1 Å². The maximum Gasteiger partial charge on any atom is 0.328 e.